The number of nitrogens with zero attached hydrogens (tertiary/aromatic N) is 2. The maximum absolute atomic E-state index is 14.6. The van der Waals surface area contributed by atoms with Gasteiger partial charge in [-0.2, -0.15) is 0 Å². The van der Waals surface area contributed by atoms with Gasteiger partial charge >= 0.3 is 0 Å². The minimum absolute atomic E-state index is 0.00444. The van der Waals surface area contributed by atoms with Gasteiger partial charge in [-0.1, -0.05) is 48.5 Å². The lowest BCUT2D eigenvalue weighted by Crippen LogP contribution is -2.50. The highest BCUT2D eigenvalue weighted by Crippen LogP contribution is 2.22. The molecule has 0 radical (unpaired) electrons. The summed E-state index contributed by atoms with van der Waals surface area (Å²) in [5.41, 5.74) is 0.922. The van der Waals surface area contributed by atoms with Gasteiger partial charge in [0, 0.05) is 44.6 Å². The van der Waals surface area contributed by atoms with Crippen LogP contribution in [0, 0.1) is 17.5 Å². The van der Waals surface area contributed by atoms with Crippen LogP contribution in [0.3, 0.4) is 0 Å². The molecular formula is C28H30F3N3O4S. The predicted octanol–water partition coefficient (Wildman–Crippen LogP) is 4.04. The first-order valence-electron chi connectivity index (χ1n) is 12.2. The summed E-state index contributed by atoms with van der Waals surface area (Å²) in [4.78, 5) is 27.8. The van der Waals surface area contributed by atoms with Crippen molar-refractivity contribution in [3.8, 4) is 0 Å². The van der Waals surface area contributed by atoms with Crippen molar-refractivity contribution >= 4 is 27.5 Å². The van der Waals surface area contributed by atoms with E-state index in [-0.39, 0.29) is 43.6 Å². The summed E-state index contributed by atoms with van der Waals surface area (Å²) in [7, 11) is -2.45. The minimum Gasteiger partial charge on any atom is -0.357 e. The van der Waals surface area contributed by atoms with Crippen LogP contribution in [0.1, 0.15) is 24.0 Å². The molecule has 0 aliphatic carbocycles. The Morgan fingerprint density at radius 1 is 0.897 bits per heavy atom. The van der Waals surface area contributed by atoms with Gasteiger partial charge in [0.25, 0.3) is 0 Å². The van der Waals surface area contributed by atoms with E-state index < -0.39 is 45.3 Å². The fourth-order valence-corrected chi connectivity index (χ4v) is 5.13. The number of anilines is 1. The Hall–Kier alpha value is -3.86. The number of amides is 2. The monoisotopic (exact) mass is 561 g/mol. The number of sulfonamides is 1. The highest BCUT2D eigenvalue weighted by molar-refractivity contribution is 7.92. The fraction of sp³-hybridized carbons (Fsp3) is 0.286. The predicted molar refractivity (Wildman–Crippen MR) is 143 cm³/mol. The van der Waals surface area contributed by atoms with Gasteiger partial charge in [0.1, 0.15) is 11.9 Å². The van der Waals surface area contributed by atoms with Crippen LogP contribution in [0.2, 0.25) is 0 Å². The molecule has 0 aromatic heterocycles. The Kier molecular flexibility index (Phi) is 10.1. The normalized spacial score (nSPS) is 12.0. The molecular weight excluding hydrogens is 531 g/mol. The third-order valence-corrected chi connectivity index (χ3v) is 7.35. The van der Waals surface area contributed by atoms with E-state index in [1.165, 1.54) is 30.1 Å². The molecule has 0 saturated carbocycles. The van der Waals surface area contributed by atoms with Crippen LogP contribution in [-0.4, -0.2) is 51.0 Å². The number of likely N-dealkylation sites (N-methyl/N-ethyl adjacent to an activating group) is 1. The molecule has 11 heteroatoms. The molecule has 208 valence electrons. The fourth-order valence-electron chi connectivity index (χ4n) is 4.17. The number of hydrogen-bond donors (Lipinski definition) is 1. The summed E-state index contributed by atoms with van der Waals surface area (Å²) in [6.07, 6.45) is 0.907. The van der Waals surface area contributed by atoms with E-state index in [4.69, 9.17) is 0 Å². The molecule has 0 heterocycles. The second kappa shape index (κ2) is 13.3. The molecule has 0 bridgehead atoms. The van der Waals surface area contributed by atoms with Crippen molar-refractivity contribution in [1.29, 1.82) is 0 Å². The summed E-state index contributed by atoms with van der Waals surface area (Å²) in [6.45, 7) is -0.387. The number of carbonyl (C=O) groups excluding carboxylic acids is 2. The van der Waals surface area contributed by atoms with Crippen LogP contribution < -0.4 is 9.62 Å². The number of hydrogen-bond acceptors (Lipinski definition) is 4. The first-order valence-corrected chi connectivity index (χ1v) is 14.1. The Morgan fingerprint density at radius 3 is 2.18 bits per heavy atom. The van der Waals surface area contributed by atoms with Crippen LogP contribution in [0.5, 0.6) is 0 Å². The molecule has 1 atom stereocenters. The zero-order valence-corrected chi connectivity index (χ0v) is 22.4. The van der Waals surface area contributed by atoms with Gasteiger partial charge in [0.2, 0.25) is 21.8 Å². The molecule has 2 amide bonds. The van der Waals surface area contributed by atoms with Crippen molar-refractivity contribution in [1.82, 2.24) is 10.2 Å². The van der Waals surface area contributed by atoms with Gasteiger partial charge in [0.15, 0.2) is 11.6 Å². The molecule has 0 fully saturated rings. The van der Waals surface area contributed by atoms with Gasteiger partial charge in [0.05, 0.1) is 11.9 Å². The van der Waals surface area contributed by atoms with Crippen molar-refractivity contribution in [2.75, 3.05) is 24.2 Å². The molecule has 3 aromatic rings. The van der Waals surface area contributed by atoms with E-state index in [1.807, 2.05) is 18.2 Å². The van der Waals surface area contributed by atoms with Crippen molar-refractivity contribution in [2.45, 2.75) is 31.8 Å². The SMILES string of the molecule is CNC(=O)C(Cc1ccccc1)N(Cc1ccccc1F)C(=O)CCCN(c1ccc(F)c(F)c1)S(C)(=O)=O. The molecule has 1 unspecified atom stereocenters. The molecule has 3 rings (SSSR count). The van der Waals surface area contributed by atoms with Crippen LogP contribution >= 0.6 is 0 Å². The largest absolute Gasteiger partial charge is 0.357 e. The van der Waals surface area contributed by atoms with E-state index in [1.54, 1.807) is 18.2 Å². The maximum Gasteiger partial charge on any atom is 0.242 e. The third kappa shape index (κ3) is 8.06. The van der Waals surface area contributed by atoms with Crippen molar-refractivity contribution in [3.63, 3.8) is 0 Å². The van der Waals surface area contributed by atoms with Crippen molar-refractivity contribution in [3.05, 3.63) is 101 Å². The van der Waals surface area contributed by atoms with E-state index in [0.717, 1.165) is 34.3 Å². The lowest BCUT2D eigenvalue weighted by molar-refractivity contribution is -0.141. The topological polar surface area (TPSA) is 86.8 Å². The van der Waals surface area contributed by atoms with E-state index in [9.17, 15) is 31.2 Å². The average Bonchev–Trinajstić information content (AvgIpc) is 2.90. The molecule has 1 N–H and O–H groups in total. The summed E-state index contributed by atoms with van der Waals surface area (Å²) in [5.74, 6) is -3.80. The number of benzene rings is 3. The highest BCUT2D eigenvalue weighted by atomic mass is 32.2. The molecule has 0 saturated heterocycles. The number of halogens is 3. The molecule has 0 spiro atoms. The van der Waals surface area contributed by atoms with Crippen LogP contribution in [-0.2, 0) is 32.6 Å². The lowest BCUT2D eigenvalue weighted by atomic mass is 10.0. The minimum atomic E-state index is -3.89. The Labute approximate surface area is 226 Å². The molecule has 7 nitrogen and oxygen atoms in total. The Morgan fingerprint density at radius 2 is 1.56 bits per heavy atom. The number of carbonyl (C=O) groups is 2. The molecule has 3 aromatic carbocycles. The Balaban J connectivity index is 1.86. The van der Waals surface area contributed by atoms with E-state index in [2.05, 4.69) is 5.32 Å². The standard InChI is InChI=1S/C28H30F3N3O4S/c1-32-28(36)26(17-20-9-4-3-5-10-20)33(19-21-11-6-7-12-23(21)29)27(35)13-8-16-34(39(2,37)38)22-14-15-24(30)25(31)18-22/h3-7,9-12,14-15,18,26H,8,13,16-17,19H2,1-2H3,(H,32,36). The lowest BCUT2D eigenvalue weighted by Gasteiger charge is -2.31. The molecule has 0 aliphatic rings. The van der Waals surface area contributed by atoms with E-state index in [0.29, 0.717) is 0 Å². The average molecular weight is 562 g/mol. The van der Waals surface area contributed by atoms with Crippen LogP contribution in [0.15, 0.2) is 72.8 Å². The van der Waals surface area contributed by atoms with Gasteiger partial charge in [-0.15, -0.1) is 0 Å². The zero-order chi connectivity index (χ0) is 28.6. The second-order valence-electron chi connectivity index (χ2n) is 8.97. The summed E-state index contributed by atoms with van der Waals surface area (Å²) < 4.78 is 67.3. The third-order valence-electron chi connectivity index (χ3n) is 6.16. The number of nitrogens with one attached hydrogen (secondary N) is 1. The summed E-state index contributed by atoms with van der Waals surface area (Å²) in [6, 6.07) is 16.7. The van der Waals surface area contributed by atoms with Gasteiger partial charge in [-0.05, 0) is 30.2 Å². The maximum atomic E-state index is 14.6. The van der Waals surface area contributed by atoms with E-state index >= 15 is 0 Å². The molecule has 39 heavy (non-hydrogen) atoms. The van der Waals surface area contributed by atoms with Crippen LogP contribution in [0.25, 0.3) is 0 Å². The van der Waals surface area contributed by atoms with Gasteiger partial charge in [-0.3, -0.25) is 13.9 Å². The summed E-state index contributed by atoms with van der Waals surface area (Å²) >= 11 is 0. The molecule has 0 aliphatic heterocycles. The second-order valence-corrected chi connectivity index (χ2v) is 10.9. The first-order chi connectivity index (χ1) is 18.5. The van der Waals surface area contributed by atoms with Crippen molar-refractivity contribution < 1.29 is 31.2 Å². The van der Waals surface area contributed by atoms with Crippen molar-refractivity contribution in [2.24, 2.45) is 0 Å². The van der Waals surface area contributed by atoms with Gasteiger partial charge in [-0.25, -0.2) is 21.6 Å². The smallest absolute Gasteiger partial charge is 0.242 e. The first kappa shape index (κ1) is 29.7. The summed E-state index contributed by atoms with van der Waals surface area (Å²) in [5, 5.41) is 2.57. The number of rotatable bonds is 12. The quantitative estimate of drug-likeness (QED) is 0.362. The highest BCUT2D eigenvalue weighted by Gasteiger charge is 2.30. The Bertz CT molecular complexity index is 1400. The van der Waals surface area contributed by atoms with Gasteiger partial charge < -0.3 is 10.2 Å². The zero-order valence-electron chi connectivity index (χ0n) is 21.6. The van der Waals surface area contributed by atoms with Crippen LogP contribution in [0.4, 0.5) is 18.9 Å².